The topological polar surface area (TPSA) is 192 Å². The molecule has 0 saturated heterocycles. The fourth-order valence-corrected chi connectivity index (χ4v) is 4.14. The number of fused-ring (bicyclic) bond motifs is 2. The van der Waals surface area contributed by atoms with Crippen LogP contribution in [0.4, 0.5) is 11.4 Å². The predicted octanol–water partition coefficient (Wildman–Crippen LogP) is 1.66. The first-order valence-corrected chi connectivity index (χ1v) is 12.7. The molecular formula is C27H36N6O5. The van der Waals surface area contributed by atoms with Crippen LogP contribution in [-0.4, -0.2) is 42.3 Å². The molecule has 0 saturated carbocycles. The van der Waals surface area contributed by atoms with E-state index in [1.54, 1.807) is 18.2 Å². The quantitative estimate of drug-likeness (QED) is 0.234. The van der Waals surface area contributed by atoms with Crippen molar-refractivity contribution < 1.29 is 23.9 Å². The summed E-state index contributed by atoms with van der Waals surface area (Å²) < 4.78 is 5.98. The number of unbranched alkanes of at least 4 members (excludes halogenated alkanes) is 1. The van der Waals surface area contributed by atoms with E-state index in [-0.39, 0.29) is 29.4 Å². The minimum absolute atomic E-state index is 0.0299. The van der Waals surface area contributed by atoms with Gasteiger partial charge in [-0.1, -0.05) is 26.3 Å². The first kappa shape index (κ1) is 28.5. The van der Waals surface area contributed by atoms with Crippen LogP contribution in [0.2, 0.25) is 0 Å². The van der Waals surface area contributed by atoms with E-state index < -0.39 is 35.7 Å². The zero-order valence-electron chi connectivity index (χ0n) is 21.7. The van der Waals surface area contributed by atoms with Gasteiger partial charge in [0.15, 0.2) is 0 Å². The Hall–Kier alpha value is -4.12. The van der Waals surface area contributed by atoms with Crippen LogP contribution in [0.1, 0.15) is 65.8 Å². The summed E-state index contributed by atoms with van der Waals surface area (Å²) in [5, 5.41) is 8.45. The van der Waals surface area contributed by atoms with Gasteiger partial charge in [-0.25, -0.2) is 0 Å². The standard InChI is InChI=1S/C27H36N6O5/c1-3-15(2)23-27(37)31-20(6-4-5-11-28)26(36)32-21-12-16(24(30)34)7-8-17(21)14-38-22-10-9-18(29)13-19(22)25(35)33-23/h7-10,12-13,15,20,23H,3-6,11,14,28-29H2,1-2H3,(H2,30,34)(H,31,37)(H,32,36)(H,33,35). The van der Waals surface area contributed by atoms with E-state index >= 15 is 0 Å². The maximum absolute atomic E-state index is 13.4. The third kappa shape index (κ3) is 7.00. The summed E-state index contributed by atoms with van der Waals surface area (Å²) in [6, 6.07) is 7.42. The smallest absolute Gasteiger partial charge is 0.255 e. The van der Waals surface area contributed by atoms with Crippen LogP contribution in [-0.2, 0) is 16.2 Å². The van der Waals surface area contributed by atoms with E-state index in [0.717, 1.165) is 0 Å². The third-order valence-electron chi connectivity index (χ3n) is 6.65. The molecule has 9 N–H and O–H groups in total. The molecule has 0 aliphatic carbocycles. The lowest BCUT2D eigenvalue weighted by atomic mass is 9.96. The van der Waals surface area contributed by atoms with Crippen molar-refractivity contribution >= 4 is 35.0 Å². The lowest BCUT2D eigenvalue weighted by Crippen LogP contribution is -2.55. The van der Waals surface area contributed by atoms with Gasteiger partial charge in [0.2, 0.25) is 17.7 Å². The molecule has 11 nitrogen and oxygen atoms in total. The molecule has 4 amide bonds. The Balaban J connectivity index is 2.09. The van der Waals surface area contributed by atoms with E-state index in [0.29, 0.717) is 49.2 Å². The first-order chi connectivity index (χ1) is 18.1. The van der Waals surface area contributed by atoms with E-state index in [1.165, 1.54) is 18.2 Å². The van der Waals surface area contributed by atoms with Gasteiger partial charge in [-0.05, 0) is 62.1 Å². The normalized spacial score (nSPS) is 19.0. The molecule has 3 atom stereocenters. The Kier molecular flexibility index (Phi) is 9.66. The highest BCUT2D eigenvalue weighted by molar-refractivity contribution is 6.03. The van der Waals surface area contributed by atoms with Crippen LogP contribution in [0.3, 0.4) is 0 Å². The average molecular weight is 525 g/mol. The number of amides is 4. The van der Waals surface area contributed by atoms with Crippen LogP contribution in [0.15, 0.2) is 36.4 Å². The highest BCUT2D eigenvalue weighted by Gasteiger charge is 2.31. The predicted molar refractivity (Wildman–Crippen MR) is 144 cm³/mol. The van der Waals surface area contributed by atoms with Gasteiger partial charge in [0.05, 0.1) is 5.56 Å². The van der Waals surface area contributed by atoms with Crippen LogP contribution < -0.4 is 37.9 Å². The van der Waals surface area contributed by atoms with Crippen molar-refractivity contribution in [3.05, 3.63) is 53.1 Å². The molecule has 1 aliphatic heterocycles. The Morgan fingerprint density at radius 3 is 2.53 bits per heavy atom. The number of anilines is 2. The molecule has 3 unspecified atom stereocenters. The number of primary amides is 1. The Morgan fingerprint density at radius 1 is 1.08 bits per heavy atom. The molecule has 0 aromatic heterocycles. The SMILES string of the molecule is CCC(C)C1NC(=O)c2cc(N)ccc2OCc2ccc(C(N)=O)cc2NC(=O)C(CCCCN)NC1=O. The summed E-state index contributed by atoms with van der Waals surface area (Å²) in [6.45, 7) is 4.16. The molecule has 2 aromatic carbocycles. The van der Waals surface area contributed by atoms with Crippen molar-refractivity contribution in [2.75, 3.05) is 17.6 Å². The van der Waals surface area contributed by atoms with Crippen LogP contribution >= 0.6 is 0 Å². The van der Waals surface area contributed by atoms with Crippen molar-refractivity contribution in [3.63, 3.8) is 0 Å². The van der Waals surface area contributed by atoms with Crippen LogP contribution in [0.25, 0.3) is 0 Å². The largest absolute Gasteiger partial charge is 0.488 e. The zero-order chi connectivity index (χ0) is 27.8. The van der Waals surface area contributed by atoms with Gasteiger partial charge in [0, 0.05) is 22.5 Å². The van der Waals surface area contributed by atoms with E-state index in [9.17, 15) is 19.2 Å². The molecule has 3 rings (SSSR count). The Morgan fingerprint density at radius 2 is 1.84 bits per heavy atom. The van der Waals surface area contributed by atoms with Gasteiger partial charge >= 0.3 is 0 Å². The lowest BCUT2D eigenvalue weighted by molar-refractivity contribution is -0.128. The van der Waals surface area contributed by atoms with Crippen LogP contribution in [0, 0.1) is 5.92 Å². The maximum Gasteiger partial charge on any atom is 0.255 e. The minimum Gasteiger partial charge on any atom is -0.488 e. The number of ether oxygens (including phenoxy) is 1. The van der Waals surface area contributed by atoms with Gasteiger partial charge < -0.3 is 37.9 Å². The van der Waals surface area contributed by atoms with Crippen molar-refractivity contribution in [1.29, 1.82) is 0 Å². The molecule has 204 valence electrons. The molecule has 0 fully saturated rings. The highest BCUT2D eigenvalue weighted by Crippen LogP contribution is 2.26. The van der Waals surface area contributed by atoms with Crippen LogP contribution in [0.5, 0.6) is 5.75 Å². The maximum atomic E-state index is 13.4. The van der Waals surface area contributed by atoms with Gasteiger partial charge in [-0.15, -0.1) is 0 Å². The second-order valence-corrected chi connectivity index (χ2v) is 9.45. The van der Waals surface area contributed by atoms with Gasteiger partial charge in [-0.2, -0.15) is 0 Å². The Bertz CT molecular complexity index is 1200. The molecule has 11 heteroatoms. The van der Waals surface area contributed by atoms with E-state index in [2.05, 4.69) is 16.0 Å². The number of nitrogen functional groups attached to an aromatic ring is 1. The first-order valence-electron chi connectivity index (χ1n) is 12.7. The molecular weight excluding hydrogens is 488 g/mol. The number of carbonyl (C=O) groups excluding carboxylic acids is 4. The summed E-state index contributed by atoms with van der Waals surface area (Å²) >= 11 is 0. The van der Waals surface area contributed by atoms with Crippen molar-refractivity contribution in [1.82, 2.24) is 10.6 Å². The summed E-state index contributed by atoms with van der Waals surface area (Å²) in [5.41, 5.74) is 18.6. The number of carbonyl (C=O) groups is 4. The molecule has 38 heavy (non-hydrogen) atoms. The van der Waals surface area contributed by atoms with Gasteiger partial charge in [0.1, 0.15) is 24.4 Å². The molecule has 1 heterocycles. The molecule has 0 spiro atoms. The van der Waals surface area contributed by atoms with Crippen molar-refractivity contribution in [2.45, 2.75) is 58.2 Å². The second kappa shape index (κ2) is 12.9. The van der Waals surface area contributed by atoms with E-state index in [1.807, 2.05) is 13.8 Å². The van der Waals surface area contributed by atoms with Gasteiger partial charge in [-0.3, -0.25) is 19.2 Å². The van der Waals surface area contributed by atoms with Crippen molar-refractivity contribution in [2.24, 2.45) is 17.4 Å². The Labute approximate surface area is 221 Å². The summed E-state index contributed by atoms with van der Waals surface area (Å²) in [6.07, 6.45) is 2.20. The number of nitrogens with one attached hydrogen (secondary N) is 3. The summed E-state index contributed by atoms with van der Waals surface area (Å²) in [4.78, 5) is 52.0. The highest BCUT2D eigenvalue weighted by atomic mass is 16.5. The number of rotatable bonds is 7. The molecule has 2 aromatic rings. The second-order valence-electron chi connectivity index (χ2n) is 9.45. The third-order valence-corrected chi connectivity index (χ3v) is 6.65. The zero-order valence-corrected chi connectivity index (χ0v) is 21.7. The fraction of sp³-hybridized carbons (Fsp3) is 0.407. The number of benzene rings is 2. The summed E-state index contributed by atoms with van der Waals surface area (Å²) in [5.74, 6) is -2.15. The molecule has 0 bridgehead atoms. The van der Waals surface area contributed by atoms with Crippen molar-refractivity contribution in [3.8, 4) is 5.75 Å². The molecule has 1 aliphatic rings. The summed E-state index contributed by atoms with van der Waals surface area (Å²) in [7, 11) is 0. The number of nitrogens with two attached hydrogens (primary N) is 3. The number of hydrogen-bond donors (Lipinski definition) is 6. The monoisotopic (exact) mass is 524 g/mol. The number of hydrogen-bond acceptors (Lipinski definition) is 7. The average Bonchev–Trinajstić information content (AvgIpc) is 2.89. The lowest BCUT2D eigenvalue weighted by Gasteiger charge is -2.27. The van der Waals surface area contributed by atoms with E-state index in [4.69, 9.17) is 21.9 Å². The van der Waals surface area contributed by atoms with Gasteiger partial charge in [0.25, 0.3) is 5.91 Å². The molecule has 0 radical (unpaired) electrons. The minimum atomic E-state index is -0.914. The fourth-order valence-electron chi connectivity index (χ4n) is 4.14.